The van der Waals surface area contributed by atoms with Crippen molar-refractivity contribution in [3.05, 3.63) is 35.2 Å². The first kappa shape index (κ1) is 27.6. The maximum absolute atomic E-state index is 13.8. The van der Waals surface area contributed by atoms with Crippen LogP contribution in [0.4, 0.5) is 4.79 Å². The van der Waals surface area contributed by atoms with E-state index in [2.05, 4.69) is 26.6 Å². The average molecular weight is 578 g/mol. The molecule has 0 unspecified atom stereocenters. The van der Waals surface area contributed by atoms with Crippen LogP contribution in [-0.4, -0.2) is 74.8 Å². The number of likely N-dealkylation sites (N-methyl/N-ethyl adjacent to an activating group) is 1. The van der Waals surface area contributed by atoms with Gasteiger partial charge in [0, 0.05) is 44.7 Å². The third-order valence-electron chi connectivity index (χ3n) is 8.18. The number of thiophene rings is 1. The van der Waals surface area contributed by atoms with Crippen LogP contribution in [0.25, 0.3) is 32.8 Å². The third-order valence-corrected chi connectivity index (χ3v) is 9.13. The molecule has 0 spiro atoms. The van der Waals surface area contributed by atoms with Gasteiger partial charge in [0.2, 0.25) is 0 Å². The number of amides is 2. The largest absolute Gasteiger partial charge is 0.494 e. The minimum Gasteiger partial charge on any atom is -0.494 e. The molecule has 1 aromatic carbocycles. The van der Waals surface area contributed by atoms with Crippen LogP contribution in [0.5, 0.6) is 5.75 Å². The second-order valence-corrected chi connectivity index (χ2v) is 13.3. The normalized spacial score (nSPS) is 17.8. The zero-order chi connectivity index (χ0) is 29.1. The number of ether oxygens (including phenoxy) is 2. The number of hydrogen-bond donors (Lipinski definition) is 0. The predicted molar refractivity (Wildman–Crippen MR) is 162 cm³/mol. The quantitative estimate of drug-likeness (QED) is 0.275. The molecule has 41 heavy (non-hydrogen) atoms. The minimum atomic E-state index is -0.571. The molecule has 3 aromatic heterocycles. The van der Waals surface area contributed by atoms with Crippen molar-refractivity contribution in [3.8, 4) is 17.3 Å². The van der Waals surface area contributed by atoms with Crippen molar-refractivity contribution in [2.75, 3.05) is 27.2 Å². The number of rotatable bonds is 6. The van der Waals surface area contributed by atoms with E-state index >= 15 is 0 Å². The number of aryl methyl sites for hydroxylation is 1. The summed E-state index contributed by atoms with van der Waals surface area (Å²) in [7, 11) is 5.40. The van der Waals surface area contributed by atoms with Crippen LogP contribution in [0.3, 0.4) is 0 Å². The molecule has 4 heterocycles. The Morgan fingerprint density at radius 2 is 1.95 bits per heavy atom. The predicted octanol–water partition coefficient (Wildman–Crippen LogP) is 6.15. The van der Waals surface area contributed by atoms with Gasteiger partial charge in [0.1, 0.15) is 21.7 Å². The van der Waals surface area contributed by atoms with E-state index in [0.717, 1.165) is 47.9 Å². The SMILES string of the molecule is COc1cc(C(=O)N2CCC[C@@H](N(C)C(=O)OC(C)(C)C)C2)cc2nc(-c3cc4ccsc4n3CC3CC3)n(C)c12. The minimum absolute atomic E-state index is 0.0858. The van der Waals surface area contributed by atoms with Gasteiger partial charge in [0.25, 0.3) is 5.91 Å². The first-order chi connectivity index (χ1) is 19.5. The Hall–Kier alpha value is -3.53. The van der Waals surface area contributed by atoms with Gasteiger partial charge in [0.15, 0.2) is 5.82 Å². The maximum Gasteiger partial charge on any atom is 0.410 e. The number of aromatic nitrogens is 3. The van der Waals surface area contributed by atoms with Crippen molar-refractivity contribution in [2.45, 2.75) is 64.6 Å². The summed E-state index contributed by atoms with van der Waals surface area (Å²) in [5, 5.41) is 3.38. The number of piperidine rings is 1. The number of benzene rings is 1. The first-order valence-electron chi connectivity index (χ1n) is 14.4. The van der Waals surface area contributed by atoms with Crippen LogP contribution in [0.15, 0.2) is 29.6 Å². The summed E-state index contributed by atoms with van der Waals surface area (Å²) < 4.78 is 15.9. The Morgan fingerprint density at radius 3 is 2.66 bits per heavy atom. The first-order valence-corrected chi connectivity index (χ1v) is 15.3. The summed E-state index contributed by atoms with van der Waals surface area (Å²) in [6.07, 6.45) is 3.82. The van der Waals surface area contributed by atoms with Crippen LogP contribution in [0, 0.1) is 5.92 Å². The summed E-state index contributed by atoms with van der Waals surface area (Å²) in [6.45, 7) is 7.65. The molecule has 10 heteroatoms. The molecule has 9 nitrogen and oxygen atoms in total. The second kappa shape index (κ2) is 10.4. The molecule has 1 saturated heterocycles. The van der Waals surface area contributed by atoms with Gasteiger partial charge in [-0.3, -0.25) is 4.79 Å². The fraction of sp³-hybridized carbons (Fsp3) is 0.516. The van der Waals surface area contributed by atoms with Gasteiger partial charge in [0.05, 0.1) is 24.4 Å². The molecule has 2 amide bonds. The zero-order valence-electron chi connectivity index (χ0n) is 24.8. The number of hydrogen-bond acceptors (Lipinski definition) is 6. The number of nitrogens with zero attached hydrogens (tertiary/aromatic N) is 5. The van der Waals surface area contributed by atoms with Gasteiger partial charge in [-0.2, -0.15) is 0 Å². The highest BCUT2D eigenvalue weighted by molar-refractivity contribution is 7.16. The highest BCUT2D eigenvalue weighted by Gasteiger charge is 2.32. The second-order valence-electron chi connectivity index (χ2n) is 12.4. The third kappa shape index (κ3) is 5.29. The van der Waals surface area contributed by atoms with Crippen LogP contribution in [0.1, 0.15) is 56.8 Å². The molecule has 1 saturated carbocycles. The average Bonchev–Trinajstić information content (AvgIpc) is 3.39. The lowest BCUT2D eigenvalue weighted by molar-refractivity contribution is 0.0131. The number of carbonyl (C=O) groups is 2. The summed E-state index contributed by atoms with van der Waals surface area (Å²) in [5.41, 5.74) is 2.65. The summed E-state index contributed by atoms with van der Waals surface area (Å²) >= 11 is 1.77. The molecule has 0 radical (unpaired) electrons. The van der Waals surface area contributed by atoms with E-state index in [1.54, 1.807) is 30.4 Å². The van der Waals surface area contributed by atoms with Gasteiger partial charge in [-0.25, -0.2) is 9.78 Å². The standard InChI is InChI=1S/C31H39N5O4S/c1-31(2,3)40-30(38)33(4)22-8-7-12-35(18-22)28(37)21-14-23-26(25(16-21)39-6)34(5)27(32-23)24-15-20-11-13-41-29(20)36(24)17-19-9-10-19/h11,13-16,19,22H,7-10,12,17-18H2,1-6H3/t22-/m1/s1. The lowest BCUT2D eigenvalue weighted by Gasteiger charge is -2.38. The van der Waals surface area contributed by atoms with Crippen LogP contribution in [-0.2, 0) is 18.3 Å². The van der Waals surface area contributed by atoms with Crippen LogP contribution in [0.2, 0.25) is 0 Å². The van der Waals surface area contributed by atoms with E-state index in [1.807, 2.05) is 44.9 Å². The fourth-order valence-corrected chi connectivity index (χ4v) is 6.75. The van der Waals surface area contributed by atoms with Crippen molar-refractivity contribution < 1.29 is 19.1 Å². The lowest BCUT2D eigenvalue weighted by Crippen LogP contribution is -2.51. The van der Waals surface area contributed by atoms with Crippen molar-refractivity contribution in [1.82, 2.24) is 23.9 Å². The lowest BCUT2D eigenvalue weighted by atomic mass is 10.0. The number of imidazole rings is 1. The maximum atomic E-state index is 13.8. The molecule has 2 aliphatic rings. The van der Waals surface area contributed by atoms with Crippen molar-refractivity contribution in [2.24, 2.45) is 13.0 Å². The van der Waals surface area contributed by atoms with Crippen molar-refractivity contribution in [1.29, 1.82) is 0 Å². The van der Waals surface area contributed by atoms with Crippen LogP contribution >= 0.6 is 11.3 Å². The topological polar surface area (TPSA) is 81.8 Å². The molecule has 1 aliphatic carbocycles. The van der Waals surface area contributed by atoms with E-state index in [9.17, 15) is 9.59 Å². The number of fused-ring (bicyclic) bond motifs is 2. The smallest absolute Gasteiger partial charge is 0.410 e. The van der Waals surface area contributed by atoms with Gasteiger partial charge >= 0.3 is 6.09 Å². The number of methoxy groups -OCH3 is 1. The highest BCUT2D eigenvalue weighted by atomic mass is 32.1. The van der Waals surface area contributed by atoms with E-state index in [1.165, 1.54) is 23.1 Å². The molecule has 0 N–H and O–H groups in total. The molecule has 0 bridgehead atoms. The Kier molecular flexibility index (Phi) is 7.00. The molecular weight excluding hydrogens is 538 g/mol. The molecule has 6 rings (SSSR count). The summed E-state index contributed by atoms with van der Waals surface area (Å²) in [4.78, 5) is 36.3. The number of likely N-dealkylation sites (tertiary alicyclic amines) is 1. The molecular formula is C31H39N5O4S. The molecule has 1 atom stereocenters. The molecule has 218 valence electrons. The van der Waals surface area contributed by atoms with Gasteiger partial charge in [-0.1, -0.05) is 0 Å². The van der Waals surface area contributed by atoms with E-state index in [4.69, 9.17) is 14.5 Å². The molecule has 4 aromatic rings. The van der Waals surface area contributed by atoms with Crippen molar-refractivity contribution in [3.63, 3.8) is 0 Å². The van der Waals surface area contributed by atoms with Gasteiger partial charge in [-0.15, -0.1) is 11.3 Å². The van der Waals surface area contributed by atoms with Crippen molar-refractivity contribution >= 4 is 44.6 Å². The molecule has 2 fully saturated rings. The monoisotopic (exact) mass is 577 g/mol. The van der Waals surface area contributed by atoms with Gasteiger partial charge in [-0.05, 0) is 82.0 Å². The van der Waals surface area contributed by atoms with E-state index < -0.39 is 5.60 Å². The molecule has 1 aliphatic heterocycles. The van der Waals surface area contributed by atoms with E-state index in [-0.39, 0.29) is 18.0 Å². The number of carbonyl (C=O) groups excluding carboxylic acids is 2. The summed E-state index contributed by atoms with van der Waals surface area (Å²) in [6, 6.07) is 7.98. The highest BCUT2D eigenvalue weighted by Crippen LogP contribution is 2.39. The Balaban J connectivity index is 1.31. The Bertz CT molecular complexity index is 1620. The summed E-state index contributed by atoms with van der Waals surface area (Å²) in [5.74, 6) is 2.12. The Morgan fingerprint density at radius 1 is 1.17 bits per heavy atom. The van der Waals surface area contributed by atoms with E-state index in [0.29, 0.717) is 24.4 Å². The van der Waals surface area contributed by atoms with Crippen LogP contribution < -0.4 is 4.74 Å². The fourth-order valence-electron chi connectivity index (χ4n) is 5.84. The van der Waals surface area contributed by atoms with Gasteiger partial charge < -0.3 is 28.4 Å². The zero-order valence-corrected chi connectivity index (χ0v) is 25.6. The Labute approximate surface area is 244 Å².